The molecule has 2 rings (SSSR count). The lowest BCUT2D eigenvalue weighted by Gasteiger charge is -2.02. The lowest BCUT2D eigenvalue weighted by molar-refractivity contribution is -0.671. The second-order valence-electron chi connectivity index (χ2n) is 3.99. The zero-order valence-electron chi connectivity index (χ0n) is 9.96. The van der Waals surface area contributed by atoms with Crippen molar-refractivity contribution < 1.29 is 14.1 Å². The fourth-order valence-corrected chi connectivity index (χ4v) is 1.63. The number of carbonyl (C=O) groups is 1. The molecule has 1 heterocycles. The Morgan fingerprint density at radius 2 is 2.06 bits per heavy atom. The summed E-state index contributed by atoms with van der Waals surface area (Å²) in [6.45, 7) is 2.20. The Bertz CT molecular complexity index is 514. The summed E-state index contributed by atoms with van der Waals surface area (Å²) in [5, 5.41) is 0. The quantitative estimate of drug-likeness (QED) is 0.453. The van der Waals surface area contributed by atoms with Gasteiger partial charge < -0.3 is 4.74 Å². The SMILES string of the molecule is CC(=O)Oc1ccc(Cn2cc[n+](C)c2)cc1. The Balaban J connectivity index is 2.05. The van der Waals surface area contributed by atoms with Crippen LogP contribution in [0.3, 0.4) is 0 Å². The van der Waals surface area contributed by atoms with Gasteiger partial charge in [0.2, 0.25) is 6.33 Å². The third-order valence-corrected chi connectivity index (χ3v) is 2.37. The van der Waals surface area contributed by atoms with Crippen LogP contribution in [-0.4, -0.2) is 10.5 Å². The van der Waals surface area contributed by atoms with Gasteiger partial charge in [0.1, 0.15) is 24.7 Å². The van der Waals surface area contributed by atoms with Crippen molar-refractivity contribution in [2.24, 2.45) is 7.05 Å². The van der Waals surface area contributed by atoms with Gasteiger partial charge in [-0.3, -0.25) is 4.79 Å². The molecule has 1 aromatic heterocycles. The molecule has 0 saturated carbocycles. The fourth-order valence-electron chi connectivity index (χ4n) is 1.63. The van der Waals surface area contributed by atoms with Gasteiger partial charge in [-0.15, -0.1) is 0 Å². The van der Waals surface area contributed by atoms with E-state index in [0.29, 0.717) is 5.75 Å². The monoisotopic (exact) mass is 231 g/mol. The lowest BCUT2D eigenvalue weighted by Crippen LogP contribution is -2.23. The Labute approximate surface area is 100 Å². The maximum Gasteiger partial charge on any atom is 0.308 e. The Hall–Kier alpha value is -2.10. The van der Waals surface area contributed by atoms with E-state index in [1.807, 2.05) is 42.5 Å². The summed E-state index contributed by atoms with van der Waals surface area (Å²) in [6, 6.07) is 7.52. The number of ether oxygens (including phenoxy) is 1. The smallest absolute Gasteiger partial charge is 0.308 e. The highest BCUT2D eigenvalue weighted by Gasteiger charge is 2.03. The Morgan fingerprint density at radius 1 is 1.35 bits per heavy atom. The zero-order valence-corrected chi connectivity index (χ0v) is 9.96. The number of aromatic nitrogens is 2. The van der Waals surface area contributed by atoms with Crippen molar-refractivity contribution in [2.75, 3.05) is 0 Å². The third-order valence-electron chi connectivity index (χ3n) is 2.37. The van der Waals surface area contributed by atoms with Crippen LogP contribution in [0.5, 0.6) is 5.75 Å². The van der Waals surface area contributed by atoms with Gasteiger partial charge in [0.25, 0.3) is 0 Å². The van der Waals surface area contributed by atoms with Crippen LogP contribution < -0.4 is 9.30 Å². The first-order valence-corrected chi connectivity index (χ1v) is 5.42. The lowest BCUT2D eigenvalue weighted by atomic mass is 10.2. The molecular formula is C13H15N2O2+. The first kappa shape index (κ1) is 11.4. The molecule has 0 amide bonds. The number of esters is 1. The molecule has 4 heteroatoms. The molecule has 17 heavy (non-hydrogen) atoms. The van der Waals surface area contributed by atoms with Gasteiger partial charge in [-0.2, -0.15) is 0 Å². The molecular weight excluding hydrogens is 216 g/mol. The summed E-state index contributed by atoms with van der Waals surface area (Å²) in [7, 11) is 1.99. The van der Waals surface area contributed by atoms with Crippen molar-refractivity contribution in [1.82, 2.24) is 4.57 Å². The van der Waals surface area contributed by atoms with Crippen molar-refractivity contribution in [3.8, 4) is 5.75 Å². The molecule has 0 bridgehead atoms. The van der Waals surface area contributed by atoms with E-state index >= 15 is 0 Å². The molecule has 0 spiro atoms. The average Bonchev–Trinajstić information content (AvgIpc) is 2.66. The molecule has 0 fully saturated rings. The number of imidazole rings is 1. The van der Waals surface area contributed by atoms with Gasteiger partial charge in [-0.05, 0) is 17.7 Å². The first-order chi connectivity index (χ1) is 8.13. The zero-order chi connectivity index (χ0) is 12.3. The third kappa shape index (κ3) is 3.17. The van der Waals surface area contributed by atoms with Crippen molar-refractivity contribution in [1.29, 1.82) is 0 Å². The van der Waals surface area contributed by atoms with E-state index in [9.17, 15) is 4.79 Å². The minimum Gasteiger partial charge on any atom is -0.427 e. The summed E-state index contributed by atoms with van der Waals surface area (Å²) < 4.78 is 9.05. The summed E-state index contributed by atoms with van der Waals surface area (Å²) in [5.74, 6) is 0.287. The minimum absolute atomic E-state index is 0.296. The van der Waals surface area contributed by atoms with E-state index in [1.54, 1.807) is 12.1 Å². The molecule has 0 aliphatic heterocycles. The summed E-state index contributed by atoms with van der Waals surface area (Å²) in [5.41, 5.74) is 1.16. The van der Waals surface area contributed by atoms with Crippen LogP contribution in [-0.2, 0) is 18.4 Å². The van der Waals surface area contributed by atoms with Crippen LogP contribution in [0, 0.1) is 0 Å². The molecule has 1 aromatic carbocycles. The molecule has 0 atom stereocenters. The van der Waals surface area contributed by atoms with Crippen LogP contribution in [0.1, 0.15) is 12.5 Å². The van der Waals surface area contributed by atoms with E-state index in [4.69, 9.17) is 4.74 Å². The van der Waals surface area contributed by atoms with Gasteiger partial charge in [0.05, 0.1) is 7.05 Å². The van der Waals surface area contributed by atoms with E-state index in [1.165, 1.54) is 6.92 Å². The number of benzene rings is 1. The molecule has 0 N–H and O–H groups in total. The van der Waals surface area contributed by atoms with Crippen molar-refractivity contribution in [3.05, 3.63) is 48.5 Å². The predicted molar refractivity (Wildman–Crippen MR) is 62.5 cm³/mol. The number of carbonyl (C=O) groups excluding carboxylic acids is 1. The molecule has 0 aliphatic carbocycles. The van der Waals surface area contributed by atoms with Crippen molar-refractivity contribution in [2.45, 2.75) is 13.5 Å². The van der Waals surface area contributed by atoms with Crippen LogP contribution in [0.15, 0.2) is 43.0 Å². The number of nitrogens with zero attached hydrogens (tertiary/aromatic N) is 2. The summed E-state index contributed by atoms with van der Waals surface area (Å²) in [4.78, 5) is 10.8. The highest BCUT2D eigenvalue weighted by molar-refractivity contribution is 5.69. The van der Waals surface area contributed by atoms with Gasteiger partial charge in [0.15, 0.2) is 0 Å². The summed E-state index contributed by atoms with van der Waals surface area (Å²) in [6.07, 6.45) is 6.02. The Morgan fingerprint density at radius 3 is 2.59 bits per heavy atom. The van der Waals surface area contributed by atoms with E-state index in [2.05, 4.69) is 4.57 Å². The van der Waals surface area contributed by atoms with Crippen LogP contribution in [0.4, 0.5) is 0 Å². The average molecular weight is 231 g/mol. The fraction of sp³-hybridized carbons (Fsp3) is 0.231. The normalized spacial score (nSPS) is 10.2. The first-order valence-electron chi connectivity index (χ1n) is 5.42. The van der Waals surface area contributed by atoms with Gasteiger partial charge in [0, 0.05) is 6.92 Å². The number of hydrogen-bond donors (Lipinski definition) is 0. The van der Waals surface area contributed by atoms with E-state index in [-0.39, 0.29) is 5.97 Å². The maximum absolute atomic E-state index is 10.8. The molecule has 2 aromatic rings. The van der Waals surface area contributed by atoms with Crippen LogP contribution >= 0.6 is 0 Å². The predicted octanol–water partition coefficient (Wildman–Crippen LogP) is 1.29. The summed E-state index contributed by atoms with van der Waals surface area (Å²) >= 11 is 0. The largest absolute Gasteiger partial charge is 0.427 e. The molecule has 0 saturated heterocycles. The highest BCUT2D eigenvalue weighted by Crippen LogP contribution is 2.13. The molecule has 0 radical (unpaired) electrons. The molecule has 88 valence electrons. The van der Waals surface area contributed by atoms with Gasteiger partial charge in [-0.25, -0.2) is 9.13 Å². The second-order valence-corrected chi connectivity index (χ2v) is 3.99. The maximum atomic E-state index is 10.8. The number of hydrogen-bond acceptors (Lipinski definition) is 2. The van der Waals surface area contributed by atoms with E-state index < -0.39 is 0 Å². The number of rotatable bonds is 3. The highest BCUT2D eigenvalue weighted by atomic mass is 16.5. The van der Waals surface area contributed by atoms with Crippen LogP contribution in [0.2, 0.25) is 0 Å². The second kappa shape index (κ2) is 4.82. The van der Waals surface area contributed by atoms with Gasteiger partial charge in [-0.1, -0.05) is 12.1 Å². The number of aryl methyl sites for hydroxylation is 1. The topological polar surface area (TPSA) is 35.1 Å². The van der Waals surface area contributed by atoms with Gasteiger partial charge >= 0.3 is 5.97 Å². The Kier molecular flexibility index (Phi) is 3.23. The molecule has 4 nitrogen and oxygen atoms in total. The molecule has 0 unspecified atom stereocenters. The van der Waals surface area contributed by atoms with E-state index in [0.717, 1.165) is 12.1 Å². The van der Waals surface area contributed by atoms with Crippen LogP contribution in [0.25, 0.3) is 0 Å². The standard InChI is InChI=1S/C13H15N2O2/c1-11(16)17-13-5-3-12(4-6-13)9-15-8-7-14(2)10-15/h3-8,10H,9H2,1-2H3/q+1. The molecule has 0 aliphatic rings. The van der Waals surface area contributed by atoms with Crippen molar-refractivity contribution in [3.63, 3.8) is 0 Å². The minimum atomic E-state index is -0.296. The van der Waals surface area contributed by atoms with Crippen molar-refractivity contribution >= 4 is 5.97 Å².